The number of thiophene rings is 1. The number of para-hydroxylation sites is 1. The first-order valence-corrected chi connectivity index (χ1v) is 9.26. The van der Waals surface area contributed by atoms with Gasteiger partial charge in [0.05, 0.1) is 5.56 Å². The zero-order chi connectivity index (χ0) is 17.8. The molecule has 0 saturated heterocycles. The normalized spacial score (nSPS) is 13.0. The third kappa shape index (κ3) is 3.85. The van der Waals surface area contributed by atoms with Gasteiger partial charge in [-0.2, -0.15) is 0 Å². The molecule has 0 aliphatic heterocycles. The standard InChI is InChI=1S/C19H22N2O3S/c1-12-7-3-5-9-14(12)24-11-16(22)21-19-17(18(23)20-2)13-8-4-6-10-15(13)25-19/h3,5,7,9H,4,6,8,10-11H2,1-2H3,(H,20,23)(H,21,22). The van der Waals surface area contributed by atoms with Gasteiger partial charge in [-0.1, -0.05) is 18.2 Å². The SMILES string of the molecule is CNC(=O)c1c(NC(=O)COc2ccccc2C)sc2c1CCCC2. The van der Waals surface area contributed by atoms with Crippen LogP contribution in [-0.2, 0) is 17.6 Å². The second-order valence-electron chi connectivity index (χ2n) is 6.10. The van der Waals surface area contributed by atoms with Crippen molar-refractivity contribution in [2.45, 2.75) is 32.6 Å². The lowest BCUT2D eigenvalue weighted by Gasteiger charge is -2.12. The van der Waals surface area contributed by atoms with Crippen LogP contribution in [0.2, 0.25) is 0 Å². The van der Waals surface area contributed by atoms with Crippen LogP contribution < -0.4 is 15.4 Å². The average Bonchev–Trinajstić information content (AvgIpc) is 2.98. The van der Waals surface area contributed by atoms with Gasteiger partial charge in [0.15, 0.2) is 6.61 Å². The Labute approximate surface area is 151 Å². The number of carbonyl (C=O) groups is 2. The monoisotopic (exact) mass is 358 g/mol. The van der Waals surface area contributed by atoms with Gasteiger partial charge in [-0.15, -0.1) is 11.3 Å². The molecule has 1 aromatic carbocycles. The summed E-state index contributed by atoms with van der Waals surface area (Å²) in [6.45, 7) is 1.85. The zero-order valence-corrected chi connectivity index (χ0v) is 15.3. The van der Waals surface area contributed by atoms with Crippen molar-refractivity contribution in [1.29, 1.82) is 0 Å². The van der Waals surface area contributed by atoms with Crippen LogP contribution >= 0.6 is 11.3 Å². The van der Waals surface area contributed by atoms with Crippen LogP contribution in [0.3, 0.4) is 0 Å². The second kappa shape index (κ2) is 7.70. The molecule has 0 radical (unpaired) electrons. The highest BCUT2D eigenvalue weighted by atomic mass is 32.1. The summed E-state index contributed by atoms with van der Waals surface area (Å²) in [4.78, 5) is 25.8. The molecule has 1 heterocycles. The van der Waals surface area contributed by atoms with Crippen LogP contribution in [-0.4, -0.2) is 25.5 Å². The number of fused-ring (bicyclic) bond motifs is 1. The number of ether oxygens (including phenoxy) is 1. The van der Waals surface area contributed by atoms with E-state index in [-0.39, 0.29) is 18.4 Å². The lowest BCUT2D eigenvalue weighted by Crippen LogP contribution is -2.24. The van der Waals surface area contributed by atoms with E-state index in [2.05, 4.69) is 10.6 Å². The van der Waals surface area contributed by atoms with E-state index in [0.29, 0.717) is 16.3 Å². The summed E-state index contributed by atoms with van der Waals surface area (Å²) in [6, 6.07) is 7.57. The quantitative estimate of drug-likeness (QED) is 0.862. The third-order valence-corrected chi connectivity index (χ3v) is 5.54. The number of nitrogens with one attached hydrogen (secondary N) is 2. The number of hydrogen-bond donors (Lipinski definition) is 2. The Kier molecular flexibility index (Phi) is 5.38. The number of hydrogen-bond acceptors (Lipinski definition) is 4. The highest BCUT2D eigenvalue weighted by molar-refractivity contribution is 7.17. The smallest absolute Gasteiger partial charge is 0.262 e. The summed E-state index contributed by atoms with van der Waals surface area (Å²) >= 11 is 1.51. The molecule has 0 unspecified atom stereocenters. The van der Waals surface area contributed by atoms with Crippen molar-refractivity contribution in [2.75, 3.05) is 19.0 Å². The van der Waals surface area contributed by atoms with Gasteiger partial charge in [0.25, 0.3) is 11.8 Å². The summed E-state index contributed by atoms with van der Waals surface area (Å²) in [7, 11) is 1.61. The van der Waals surface area contributed by atoms with Gasteiger partial charge in [0.2, 0.25) is 0 Å². The molecule has 2 aromatic rings. The Morgan fingerprint density at radius 1 is 1.20 bits per heavy atom. The number of rotatable bonds is 5. The van der Waals surface area contributed by atoms with Crippen molar-refractivity contribution in [3.8, 4) is 5.75 Å². The van der Waals surface area contributed by atoms with Gasteiger partial charge in [0.1, 0.15) is 10.8 Å². The van der Waals surface area contributed by atoms with Crippen LogP contribution in [0.15, 0.2) is 24.3 Å². The Morgan fingerprint density at radius 3 is 2.72 bits per heavy atom. The maximum Gasteiger partial charge on any atom is 0.262 e. The van der Waals surface area contributed by atoms with Crippen LogP contribution in [0.5, 0.6) is 5.75 Å². The molecule has 1 aromatic heterocycles. The Bertz CT molecular complexity index is 798. The van der Waals surface area contributed by atoms with E-state index in [1.807, 2.05) is 31.2 Å². The van der Waals surface area contributed by atoms with E-state index in [9.17, 15) is 9.59 Å². The molecule has 0 fully saturated rings. The lowest BCUT2D eigenvalue weighted by molar-refractivity contribution is -0.118. The van der Waals surface area contributed by atoms with Crippen LogP contribution in [0.4, 0.5) is 5.00 Å². The highest BCUT2D eigenvalue weighted by Gasteiger charge is 2.25. The Morgan fingerprint density at radius 2 is 1.96 bits per heavy atom. The highest BCUT2D eigenvalue weighted by Crippen LogP contribution is 2.38. The molecule has 1 aliphatic rings. The Hall–Kier alpha value is -2.34. The van der Waals surface area contributed by atoms with Gasteiger partial charge >= 0.3 is 0 Å². The van der Waals surface area contributed by atoms with Crippen molar-refractivity contribution in [2.24, 2.45) is 0 Å². The molecule has 0 spiro atoms. The van der Waals surface area contributed by atoms with E-state index in [0.717, 1.165) is 36.8 Å². The van der Waals surface area contributed by atoms with Crippen molar-refractivity contribution in [1.82, 2.24) is 5.32 Å². The number of aryl methyl sites for hydroxylation is 2. The third-order valence-electron chi connectivity index (χ3n) is 4.33. The summed E-state index contributed by atoms with van der Waals surface area (Å²) in [6.07, 6.45) is 4.08. The molecule has 3 rings (SSSR count). The first-order chi connectivity index (χ1) is 12.1. The number of amides is 2. The van der Waals surface area contributed by atoms with Crippen LogP contribution in [0.25, 0.3) is 0 Å². The minimum Gasteiger partial charge on any atom is -0.483 e. The fraction of sp³-hybridized carbons (Fsp3) is 0.368. The molecule has 132 valence electrons. The molecular weight excluding hydrogens is 336 g/mol. The summed E-state index contributed by atoms with van der Waals surface area (Å²) in [5.74, 6) is 0.288. The first kappa shape index (κ1) is 17.5. The summed E-state index contributed by atoms with van der Waals surface area (Å²) < 4.78 is 5.59. The van der Waals surface area contributed by atoms with Crippen molar-refractivity contribution >= 4 is 28.2 Å². The molecular formula is C19H22N2O3S. The molecule has 2 amide bonds. The van der Waals surface area contributed by atoms with E-state index in [1.54, 1.807) is 7.05 Å². The largest absolute Gasteiger partial charge is 0.483 e. The van der Waals surface area contributed by atoms with Gasteiger partial charge in [-0.05, 0) is 49.8 Å². The predicted molar refractivity (Wildman–Crippen MR) is 99.7 cm³/mol. The van der Waals surface area contributed by atoms with E-state index >= 15 is 0 Å². The van der Waals surface area contributed by atoms with E-state index in [4.69, 9.17) is 4.74 Å². The molecule has 5 nitrogen and oxygen atoms in total. The minimum absolute atomic E-state index is 0.0827. The van der Waals surface area contributed by atoms with Crippen molar-refractivity contribution in [3.05, 3.63) is 45.8 Å². The van der Waals surface area contributed by atoms with E-state index < -0.39 is 0 Å². The van der Waals surface area contributed by atoms with Gasteiger partial charge in [-0.25, -0.2) is 0 Å². The fourth-order valence-corrected chi connectivity index (χ4v) is 4.35. The summed E-state index contributed by atoms with van der Waals surface area (Å²) in [5, 5.41) is 6.18. The van der Waals surface area contributed by atoms with Crippen LogP contribution in [0, 0.1) is 6.92 Å². The predicted octanol–water partition coefficient (Wildman–Crippen LogP) is 3.31. The van der Waals surface area contributed by atoms with Gasteiger partial charge in [0, 0.05) is 11.9 Å². The van der Waals surface area contributed by atoms with Crippen LogP contribution in [0.1, 0.15) is 39.2 Å². The Balaban J connectivity index is 1.73. The topological polar surface area (TPSA) is 67.4 Å². The molecule has 2 N–H and O–H groups in total. The minimum atomic E-state index is -0.257. The molecule has 0 atom stereocenters. The number of benzene rings is 1. The maximum atomic E-state index is 12.3. The molecule has 0 bridgehead atoms. The molecule has 6 heteroatoms. The van der Waals surface area contributed by atoms with Crippen molar-refractivity contribution < 1.29 is 14.3 Å². The summed E-state index contributed by atoms with van der Waals surface area (Å²) in [5.41, 5.74) is 2.69. The zero-order valence-electron chi connectivity index (χ0n) is 14.5. The molecule has 1 aliphatic carbocycles. The first-order valence-electron chi connectivity index (χ1n) is 8.45. The number of anilines is 1. The molecule has 25 heavy (non-hydrogen) atoms. The van der Waals surface area contributed by atoms with Crippen molar-refractivity contribution in [3.63, 3.8) is 0 Å². The lowest BCUT2D eigenvalue weighted by atomic mass is 9.95. The molecule has 0 saturated carbocycles. The second-order valence-corrected chi connectivity index (χ2v) is 7.20. The fourth-order valence-electron chi connectivity index (χ4n) is 3.04. The average molecular weight is 358 g/mol. The maximum absolute atomic E-state index is 12.3. The van der Waals surface area contributed by atoms with E-state index in [1.165, 1.54) is 16.2 Å². The number of carbonyl (C=O) groups excluding carboxylic acids is 2. The van der Waals surface area contributed by atoms with Gasteiger partial charge < -0.3 is 15.4 Å². The van der Waals surface area contributed by atoms with Gasteiger partial charge in [-0.3, -0.25) is 9.59 Å².